The molecule has 5 heteroatoms. The van der Waals surface area contributed by atoms with Gasteiger partial charge >= 0.3 is 6.03 Å². The van der Waals surface area contributed by atoms with Gasteiger partial charge in [-0.3, -0.25) is 4.79 Å². The summed E-state index contributed by atoms with van der Waals surface area (Å²) in [6, 6.07) is 13.6. The van der Waals surface area contributed by atoms with Gasteiger partial charge in [-0.15, -0.1) is 0 Å². The van der Waals surface area contributed by atoms with Gasteiger partial charge in [-0.1, -0.05) is 42.3 Å². The van der Waals surface area contributed by atoms with E-state index >= 15 is 0 Å². The van der Waals surface area contributed by atoms with Crippen molar-refractivity contribution in [2.24, 2.45) is 0 Å². The minimum atomic E-state index is -0.474. The fourth-order valence-electron chi connectivity index (χ4n) is 3.97. The van der Waals surface area contributed by atoms with Crippen molar-refractivity contribution in [2.75, 3.05) is 12.4 Å². The predicted molar refractivity (Wildman–Crippen MR) is 113 cm³/mol. The molecule has 0 spiro atoms. The summed E-state index contributed by atoms with van der Waals surface area (Å²) < 4.78 is 0. The van der Waals surface area contributed by atoms with Crippen molar-refractivity contribution in [3.05, 3.63) is 64.7 Å². The first-order valence-electron chi connectivity index (χ1n) is 9.83. The summed E-state index contributed by atoms with van der Waals surface area (Å²) in [6.07, 6.45) is 2.74. The van der Waals surface area contributed by atoms with Crippen molar-refractivity contribution < 1.29 is 9.59 Å². The second kappa shape index (κ2) is 8.05. The van der Waals surface area contributed by atoms with Crippen LogP contribution in [0.4, 0.5) is 10.5 Å². The third-order valence-electron chi connectivity index (χ3n) is 5.80. The topological polar surface area (TPSA) is 70.2 Å². The molecule has 0 heterocycles. The van der Waals surface area contributed by atoms with Gasteiger partial charge in [0, 0.05) is 12.7 Å². The number of amides is 3. The number of benzene rings is 2. The summed E-state index contributed by atoms with van der Waals surface area (Å²) >= 11 is 0. The Labute approximate surface area is 166 Å². The van der Waals surface area contributed by atoms with Crippen molar-refractivity contribution in [3.63, 3.8) is 0 Å². The lowest BCUT2D eigenvalue weighted by atomic mass is 9.63. The maximum atomic E-state index is 13.2. The fourth-order valence-corrected chi connectivity index (χ4v) is 3.97. The number of carbonyl (C=O) groups is 2. The third-order valence-corrected chi connectivity index (χ3v) is 5.80. The van der Waals surface area contributed by atoms with Crippen LogP contribution >= 0.6 is 0 Å². The number of carbonyl (C=O) groups excluding carboxylic acids is 2. The minimum absolute atomic E-state index is 0.0419. The van der Waals surface area contributed by atoms with Crippen molar-refractivity contribution in [1.29, 1.82) is 0 Å². The average molecular weight is 380 g/mol. The van der Waals surface area contributed by atoms with E-state index in [0.29, 0.717) is 5.69 Å². The standard InChI is InChI=1S/C23H29N3O2/c1-15-6-11-20(16(2)14-15)17(3)25-21(27)23(12-5-13-23)18-7-9-19(10-8-18)26-22(28)24-4/h6-11,14,17H,5,12-13H2,1-4H3,(H,25,27)(H2,24,26,28)/t17-/m1/s1. The van der Waals surface area contributed by atoms with Crippen LogP contribution in [0.15, 0.2) is 42.5 Å². The summed E-state index contributed by atoms with van der Waals surface area (Å²) in [5.41, 5.74) is 4.81. The number of aryl methyl sites for hydroxylation is 2. The van der Waals surface area contributed by atoms with Gasteiger partial charge in [0.15, 0.2) is 0 Å². The molecular weight excluding hydrogens is 350 g/mol. The first-order valence-corrected chi connectivity index (χ1v) is 9.83. The van der Waals surface area contributed by atoms with Gasteiger partial charge in [0.1, 0.15) is 0 Å². The molecule has 1 fully saturated rings. The quantitative estimate of drug-likeness (QED) is 0.723. The molecule has 3 amide bonds. The molecule has 2 aromatic carbocycles. The summed E-state index contributed by atoms with van der Waals surface area (Å²) in [5, 5.41) is 8.51. The Bertz CT molecular complexity index is 870. The molecule has 1 aliphatic rings. The Kier molecular flexibility index (Phi) is 5.73. The number of nitrogens with one attached hydrogen (secondary N) is 3. The molecule has 0 aromatic heterocycles. The minimum Gasteiger partial charge on any atom is -0.349 e. The number of hydrogen-bond acceptors (Lipinski definition) is 2. The van der Waals surface area contributed by atoms with E-state index in [2.05, 4.69) is 48.0 Å². The zero-order valence-corrected chi connectivity index (χ0v) is 17.1. The van der Waals surface area contributed by atoms with Crippen LogP contribution in [0.3, 0.4) is 0 Å². The average Bonchev–Trinajstić information content (AvgIpc) is 2.61. The Morgan fingerprint density at radius 3 is 2.25 bits per heavy atom. The molecule has 28 heavy (non-hydrogen) atoms. The number of rotatable bonds is 5. The molecule has 0 radical (unpaired) electrons. The molecule has 0 aliphatic heterocycles. The Morgan fingerprint density at radius 2 is 1.71 bits per heavy atom. The van der Waals surface area contributed by atoms with Gasteiger partial charge in [0.25, 0.3) is 0 Å². The van der Waals surface area contributed by atoms with Crippen LogP contribution in [0.25, 0.3) is 0 Å². The van der Waals surface area contributed by atoms with E-state index in [1.807, 2.05) is 31.2 Å². The Hall–Kier alpha value is -2.82. The van der Waals surface area contributed by atoms with E-state index < -0.39 is 5.41 Å². The maximum absolute atomic E-state index is 13.2. The first-order chi connectivity index (χ1) is 13.4. The molecular formula is C23H29N3O2. The number of hydrogen-bond donors (Lipinski definition) is 3. The Morgan fingerprint density at radius 1 is 1.04 bits per heavy atom. The van der Waals surface area contributed by atoms with E-state index in [1.165, 1.54) is 11.1 Å². The molecule has 0 saturated heterocycles. The van der Waals surface area contributed by atoms with Gasteiger partial charge < -0.3 is 16.0 Å². The highest BCUT2D eigenvalue weighted by Gasteiger charge is 2.45. The summed E-state index contributed by atoms with van der Waals surface area (Å²) in [7, 11) is 1.58. The molecule has 1 atom stereocenters. The SMILES string of the molecule is CNC(=O)Nc1ccc(C2(C(=O)N[C@H](C)c3ccc(C)cc3C)CCC2)cc1. The van der Waals surface area contributed by atoms with Gasteiger partial charge in [-0.05, 0) is 62.4 Å². The first kappa shape index (κ1) is 19.9. The smallest absolute Gasteiger partial charge is 0.318 e. The lowest BCUT2D eigenvalue weighted by molar-refractivity contribution is -0.130. The highest BCUT2D eigenvalue weighted by Crippen LogP contribution is 2.44. The van der Waals surface area contributed by atoms with Crippen molar-refractivity contribution in [2.45, 2.75) is 51.5 Å². The molecule has 3 N–H and O–H groups in total. The van der Waals surface area contributed by atoms with E-state index in [4.69, 9.17) is 0 Å². The lowest BCUT2D eigenvalue weighted by Gasteiger charge is -2.41. The lowest BCUT2D eigenvalue weighted by Crippen LogP contribution is -2.49. The largest absolute Gasteiger partial charge is 0.349 e. The molecule has 3 rings (SSSR count). The van der Waals surface area contributed by atoms with Crippen LogP contribution in [0.1, 0.15) is 54.5 Å². The van der Waals surface area contributed by atoms with Crippen molar-refractivity contribution >= 4 is 17.6 Å². The molecule has 1 aliphatic carbocycles. The van der Waals surface area contributed by atoms with Crippen LogP contribution in [-0.4, -0.2) is 19.0 Å². The van der Waals surface area contributed by atoms with Gasteiger partial charge in [-0.25, -0.2) is 4.79 Å². The molecule has 0 unspecified atom stereocenters. The fraction of sp³-hybridized carbons (Fsp3) is 0.391. The van der Waals surface area contributed by atoms with E-state index in [-0.39, 0.29) is 18.0 Å². The van der Waals surface area contributed by atoms with E-state index in [1.54, 1.807) is 7.05 Å². The number of urea groups is 1. The highest BCUT2D eigenvalue weighted by molar-refractivity contribution is 5.91. The van der Waals surface area contributed by atoms with Gasteiger partial charge in [-0.2, -0.15) is 0 Å². The normalized spacial score (nSPS) is 15.9. The van der Waals surface area contributed by atoms with Crippen LogP contribution < -0.4 is 16.0 Å². The van der Waals surface area contributed by atoms with Crippen molar-refractivity contribution in [1.82, 2.24) is 10.6 Å². The predicted octanol–water partition coefficient (Wildman–Crippen LogP) is 4.35. The molecule has 5 nitrogen and oxygen atoms in total. The third kappa shape index (κ3) is 3.88. The molecule has 0 bridgehead atoms. The molecule has 2 aromatic rings. The van der Waals surface area contributed by atoms with E-state index in [0.717, 1.165) is 30.4 Å². The zero-order valence-electron chi connectivity index (χ0n) is 17.1. The highest BCUT2D eigenvalue weighted by atomic mass is 16.2. The second-order valence-electron chi connectivity index (χ2n) is 7.77. The van der Waals surface area contributed by atoms with Crippen LogP contribution in [-0.2, 0) is 10.2 Å². The van der Waals surface area contributed by atoms with Crippen LogP contribution in [0.2, 0.25) is 0 Å². The van der Waals surface area contributed by atoms with Gasteiger partial charge in [0.05, 0.1) is 11.5 Å². The zero-order chi connectivity index (χ0) is 20.3. The van der Waals surface area contributed by atoms with Crippen molar-refractivity contribution in [3.8, 4) is 0 Å². The summed E-state index contributed by atoms with van der Waals surface area (Å²) in [4.78, 5) is 24.7. The Balaban J connectivity index is 1.76. The maximum Gasteiger partial charge on any atom is 0.318 e. The summed E-state index contributed by atoms with van der Waals surface area (Å²) in [6.45, 7) is 6.20. The van der Waals surface area contributed by atoms with Crippen LogP contribution in [0, 0.1) is 13.8 Å². The monoisotopic (exact) mass is 379 g/mol. The summed E-state index contributed by atoms with van der Waals surface area (Å²) in [5.74, 6) is 0.0817. The van der Waals surface area contributed by atoms with E-state index in [9.17, 15) is 9.59 Å². The molecule has 1 saturated carbocycles. The second-order valence-corrected chi connectivity index (χ2v) is 7.77. The number of anilines is 1. The molecule has 148 valence electrons. The van der Waals surface area contributed by atoms with Crippen LogP contribution in [0.5, 0.6) is 0 Å². The van der Waals surface area contributed by atoms with Gasteiger partial charge in [0.2, 0.25) is 5.91 Å².